The van der Waals surface area contributed by atoms with Crippen LogP contribution in [0, 0.1) is 0 Å². The molecule has 2 N–H and O–H groups in total. The van der Waals surface area contributed by atoms with Crippen molar-refractivity contribution in [1.29, 1.82) is 0 Å². The van der Waals surface area contributed by atoms with Crippen molar-refractivity contribution in [3.05, 3.63) is 65.0 Å². The highest BCUT2D eigenvalue weighted by Crippen LogP contribution is 2.42. The lowest BCUT2D eigenvalue weighted by Crippen LogP contribution is -2.44. The summed E-state index contributed by atoms with van der Waals surface area (Å²) in [4.78, 5) is 19.2. The van der Waals surface area contributed by atoms with Gasteiger partial charge in [0, 0.05) is 37.9 Å². The van der Waals surface area contributed by atoms with E-state index in [1.807, 2.05) is 24.3 Å². The number of rotatable bonds is 5. The molecule has 2 aliphatic rings. The number of fused-ring (bicyclic) bond motifs is 1. The molecule has 0 unspecified atom stereocenters. The van der Waals surface area contributed by atoms with Gasteiger partial charge in [0.2, 0.25) is 5.67 Å². The van der Waals surface area contributed by atoms with Crippen molar-refractivity contribution in [2.45, 2.75) is 37.7 Å². The van der Waals surface area contributed by atoms with E-state index in [1.54, 1.807) is 6.07 Å². The van der Waals surface area contributed by atoms with Gasteiger partial charge in [0.15, 0.2) is 0 Å². The number of hydrogen-bond acceptors (Lipinski definition) is 5. The Labute approximate surface area is 169 Å². The molecule has 1 aromatic carbocycles. The maximum atomic E-state index is 15.7. The first kappa shape index (κ1) is 19.9. The number of benzene rings is 1. The highest BCUT2D eigenvalue weighted by Gasteiger charge is 2.46. The number of carbonyl (C=O) groups excluding carboxylic acids is 1. The summed E-state index contributed by atoms with van der Waals surface area (Å²) in [6.07, 6.45) is 0.778. The average molecular weight is 399 g/mol. The van der Waals surface area contributed by atoms with Gasteiger partial charge in [-0.25, -0.2) is 4.39 Å². The Kier molecular flexibility index (Phi) is 5.89. The number of nitrogens with one attached hydrogen (secondary N) is 1. The molecule has 154 valence electrons. The molecule has 2 heterocycles. The quantitative estimate of drug-likeness (QED) is 0.807. The molecule has 4 rings (SSSR count). The van der Waals surface area contributed by atoms with E-state index in [-0.39, 0.29) is 30.6 Å². The molecule has 0 bridgehead atoms. The standard InChI is InChI=1S/C22H26FN3O3/c23-22(8-7-19(27)20-18(22)6-3-9-24-20)21(28)25-14-16-4-1-2-5-17(16)15-26-10-12-29-13-11-26/h1-6,9,19,27H,7-8,10-15H2,(H,25,28)/t19-,22-/m0/s1. The van der Waals surface area contributed by atoms with Gasteiger partial charge in [-0.2, -0.15) is 0 Å². The summed E-state index contributed by atoms with van der Waals surface area (Å²) in [7, 11) is 0. The lowest BCUT2D eigenvalue weighted by Gasteiger charge is -2.32. The van der Waals surface area contributed by atoms with Crippen LogP contribution in [-0.4, -0.2) is 47.2 Å². The van der Waals surface area contributed by atoms with Gasteiger partial charge in [-0.15, -0.1) is 0 Å². The molecule has 1 fully saturated rings. The number of aliphatic hydroxyl groups excluding tert-OH is 1. The van der Waals surface area contributed by atoms with Gasteiger partial charge >= 0.3 is 0 Å². The topological polar surface area (TPSA) is 74.7 Å². The van der Waals surface area contributed by atoms with Crippen molar-refractivity contribution in [3.63, 3.8) is 0 Å². The van der Waals surface area contributed by atoms with Crippen LogP contribution in [0.3, 0.4) is 0 Å². The fourth-order valence-electron chi connectivity index (χ4n) is 4.06. The van der Waals surface area contributed by atoms with E-state index >= 15 is 4.39 Å². The molecule has 29 heavy (non-hydrogen) atoms. The molecule has 0 saturated carbocycles. The molecule has 2 aromatic rings. The van der Waals surface area contributed by atoms with Crippen molar-refractivity contribution in [3.8, 4) is 0 Å². The fourth-order valence-corrected chi connectivity index (χ4v) is 4.06. The number of alkyl halides is 1. The van der Waals surface area contributed by atoms with Gasteiger partial charge in [-0.05, 0) is 30.0 Å². The summed E-state index contributed by atoms with van der Waals surface area (Å²) in [6, 6.07) is 11.0. The smallest absolute Gasteiger partial charge is 0.262 e. The van der Waals surface area contributed by atoms with E-state index in [2.05, 4.69) is 15.2 Å². The maximum absolute atomic E-state index is 15.7. The SMILES string of the molecule is O=C(NCc1ccccc1CN1CCOCC1)[C@]1(F)CC[C@H](O)c2ncccc21. The number of pyridine rings is 1. The third-order valence-corrected chi connectivity index (χ3v) is 5.76. The third kappa shape index (κ3) is 4.17. The van der Waals surface area contributed by atoms with E-state index in [0.717, 1.165) is 44.0 Å². The van der Waals surface area contributed by atoms with Crippen molar-refractivity contribution < 1.29 is 19.0 Å². The van der Waals surface area contributed by atoms with E-state index in [0.29, 0.717) is 0 Å². The van der Waals surface area contributed by atoms with Crippen LogP contribution in [0.15, 0.2) is 42.6 Å². The number of aliphatic hydroxyl groups is 1. The largest absolute Gasteiger partial charge is 0.387 e. The highest BCUT2D eigenvalue weighted by molar-refractivity contribution is 5.87. The Bertz CT molecular complexity index is 872. The zero-order valence-corrected chi connectivity index (χ0v) is 16.3. The minimum Gasteiger partial charge on any atom is -0.387 e. The van der Waals surface area contributed by atoms with Crippen molar-refractivity contribution >= 4 is 5.91 Å². The van der Waals surface area contributed by atoms with Crippen molar-refractivity contribution in [1.82, 2.24) is 15.2 Å². The van der Waals surface area contributed by atoms with E-state index in [1.165, 1.54) is 12.3 Å². The van der Waals surface area contributed by atoms with E-state index < -0.39 is 17.7 Å². The molecule has 6 nitrogen and oxygen atoms in total. The van der Waals surface area contributed by atoms with Crippen LogP contribution in [0.4, 0.5) is 4.39 Å². The monoisotopic (exact) mass is 399 g/mol. The van der Waals surface area contributed by atoms with Crippen molar-refractivity contribution in [2.24, 2.45) is 0 Å². The Hall–Kier alpha value is -2.35. The van der Waals surface area contributed by atoms with Gasteiger partial charge in [0.05, 0.1) is 25.0 Å². The van der Waals surface area contributed by atoms with Gasteiger partial charge in [0.1, 0.15) is 0 Å². The molecule has 1 aliphatic heterocycles. The number of aromatic nitrogens is 1. The number of amides is 1. The van der Waals surface area contributed by atoms with Crippen LogP contribution in [0.2, 0.25) is 0 Å². The number of halogens is 1. The average Bonchev–Trinajstić information content (AvgIpc) is 2.76. The molecule has 1 amide bonds. The number of carbonyl (C=O) groups is 1. The molecular formula is C22H26FN3O3. The Morgan fingerprint density at radius 2 is 2.00 bits per heavy atom. The molecule has 1 saturated heterocycles. The lowest BCUT2D eigenvalue weighted by molar-refractivity contribution is -0.135. The lowest BCUT2D eigenvalue weighted by atomic mass is 9.81. The van der Waals surface area contributed by atoms with Crippen LogP contribution in [-0.2, 0) is 28.3 Å². The first-order chi connectivity index (χ1) is 14.1. The van der Waals surface area contributed by atoms with Crippen LogP contribution in [0.25, 0.3) is 0 Å². The maximum Gasteiger partial charge on any atom is 0.262 e. The molecule has 7 heteroatoms. The summed E-state index contributed by atoms with van der Waals surface area (Å²) < 4.78 is 21.1. The number of ether oxygens (including phenoxy) is 1. The fraction of sp³-hybridized carbons (Fsp3) is 0.455. The molecule has 0 spiro atoms. The Morgan fingerprint density at radius 3 is 2.79 bits per heavy atom. The number of nitrogens with zero attached hydrogens (tertiary/aromatic N) is 2. The third-order valence-electron chi connectivity index (χ3n) is 5.76. The predicted molar refractivity (Wildman–Crippen MR) is 106 cm³/mol. The second-order valence-electron chi connectivity index (χ2n) is 7.63. The highest BCUT2D eigenvalue weighted by atomic mass is 19.1. The first-order valence-electron chi connectivity index (χ1n) is 10.1. The summed E-state index contributed by atoms with van der Waals surface area (Å²) >= 11 is 0. The molecule has 2 atom stereocenters. The minimum atomic E-state index is -2.18. The molecule has 1 aliphatic carbocycles. The summed E-state index contributed by atoms with van der Waals surface area (Å²) in [6.45, 7) is 4.23. The van der Waals surface area contributed by atoms with Crippen LogP contribution >= 0.6 is 0 Å². The first-order valence-corrected chi connectivity index (χ1v) is 10.1. The van der Waals surface area contributed by atoms with E-state index in [4.69, 9.17) is 4.74 Å². The summed E-state index contributed by atoms with van der Waals surface area (Å²) in [5.41, 5.74) is 0.325. The van der Waals surface area contributed by atoms with Crippen molar-refractivity contribution in [2.75, 3.05) is 26.3 Å². The minimum absolute atomic E-state index is 0.0614. The summed E-state index contributed by atoms with van der Waals surface area (Å²) in [5, 5.41) is 12.9. The van der Waals surface area contributed by atoms with Crippen LogP contribution in [0.5, 0.6) is 0 Å². The molecular weight excluding hydrogens is 373 g/mol. The van der Waals surface area contributed by atoms with Gasteiger partial charge < -0.3 is 15.2 Å². The van der Waals surface area contributed by atoms with Crippen LogP contribution < -0.4 is 5.32 Å². The number of hydrogen-bond donors (Lipinski definition) is 2. The second-order valence-corrected chi connectivity index (χ2v) is 7.63. The molecule has 0 radical (unpaired) electrons. The van der Waals surface area contributed by atoms with Gasteiger partial charge in [-0.3, -0.25) is 14.7 Å². The normalized spacial score (nSPS) is 24.7. The van der Waals surface area contributed by atoms with Gasteiger partial charge in [-0.1, -0.05) is 30.3 Å². The van der Waals surface area contributed by atoms with Gasteiger partial charge in [0.25, 0.3) is 5.91 Å². The molecule has 1 aromatic heterocycles. The zero-order chi connectivity index (χ0) is 20.3. The van der Waals surface area contributed by atoms with Crippen LogP contribution in [0.1, 0.15) is 41.3 Å². The van der Waals surface area contributed by atoms with E-state index in [9.17, 15) is 9.90 Å². The number of morpholine rings is 1. The Balaban J connectivity index is 1.47. The predicted octanol–water partition coefficient (Wildman–Crippen LogP) is 2.22. The second kappa shape index (κ2) is 8.57. The zero-order valence-electron chi connectivity index (χ0n) is 16.3. The Morgan fingerprint density at radius 1 is 1.24 bits per heavy atom. The summed E-state index contributed by atoms with van der Waals surface area (Å²) in [5.74, 6) is -0.681.